The topological polar surface area (TPSA) is 74.0 Å². The number of thiophene rings is 1. The van der Waals surface area contributed by atoms with Gasteiger partial charge in [-0.05, 0) is 62.9 Å². The smallest absolute Gasteiger partial charge is 0.265 e. The molecule has 34 heavy (non-hydrogen) atoms. The normalized spacial score (nSPS) is 11.1. The Bertz CT molecular complexity index is 1380. The number of halogens is 3. The van der Waals surface area contributed by atoms with Crippen LogP contribution < -0.4 is 10.1 Å². The van der Waals surface area contributed by atoms with Crippen molar-refractivity contribution in [3.8, 4) is 5.75 Å². The summed E-state index contributed by atoms with van der Waals surface area (Å²) in [6.45, 7) is 8.19. The van der Waals surface area contributed by atoms with Crippen molar-refractivity contribution in [3.63, 3.8) is 0 Å². The number of aryl methyl sites for hydroxylation is 2. The zero-order valence-corrected chi connectivity index (χ0v) is 22.0. The second kappa shape index (κ2) is 10.00. The summed E-state index contributed by atoms with van der Waals surface area (Å²) in [6, 6.07) is 6.89. The number of amides is 1. The molecule has 11 heteroatoms. The lowest BCUT2D eigenvalue weighted by Gasteiger charge is -2.10. The molecule has 7 nitrogen and oxygen atoms in total. The Hall–Kier alpha value is -2.52. The molecule has 1 N–H and O–H groups in total. The number of anilines is 1. The molecule has 4 rings (SSSR count). The van der Waals surface area contributed by atoms with E-state index in [1.807, 2.05) is 43.8 Å². The van der Waals surface area contributed by atoms with Gasteiger partial charge >= 0.3 is 0 Å². The summed E-state index contributed by atoms with van der Waals surface area (Å²) >= 11 is 19.7. The van der Waals surface area contributed by atoms with Gasteiger partial charge in [-0.25, -0.2) is 4.68 Å². The van der Waals surface area contributed by atoms with Crippen LogP contribution in [0.25, 0.3) is 0 Å². The molecule has 0 radical (unpaired) electrons. The van der Waals surface area contributed by atoms with Crippen LogP contribution in [0, 0.1) is 27.7 Å². The Labute approximate surface area is 216 Å². The predicted octanol–water partition coefficient (Wildman–Crippen LogP) is 6.67. The van der Waals surface area contributed by atoms with E-state index in [0.29, 0.717) is 43.6 Å². The number of carbonyl (C=O) groups excluding carboxylic acids is 1. The molecule has 1 aromatic carbocycles. The zero-order valence-electron chi connectivity index (χ0n) is 18.9. The van der Waals surface area contributed by atoms with E-state index in [0.717, 1.165) is 22.6 Å². The molecular weight excluding hydrogens is 517 g/mol. The summed E-state index contributed by atoms with van der Waals surface area (Å²) < 4.78 is 9.29. The molecule has 0 saturated heterocycles. The minimum absolute atomic E-state index is 0.137. The molecule has 178 valence electrons. The number of aromatic nitrogens is 4. The van der Waals surface area contributed by atoms with Gasteiger partial charge < -0.3 is 10.1 Å². The molecular formula is C23H22Cl3N5O2S. The van der Waals surface area contributed by atoms with Gasteiger partial charge in [0.15, 0.2) is 6.73 Å². The minimum atomic E-state index is -0.199. The standard InChI is InChI=1S/C23H22Cl3N5O2S/c1-12-21(26)14(3)30(28-12)9-16-7-20(34-10-16)23(32)27-22-13(2)29-31(15(22)4)11-33-19-6-5-17(24)8-18(19)25/h5-8,10H,9,11H2,1-4H3,(H,27,32). The first kappa shape index (κ1) is 24.6. The first-order valence-electron chi connectivity index (χ1n) is 10.3. The minimum Gasteiger partial charge on any atom is -0.470 e. The fourth-order valence-corrected chi connectivity index (χ4v) is 4.88. The lowest BCUT2D eigenvalue weighted by molar-refractivity contribution is 0.103. The van der Waals surface area contributed by atoms with Crippen LogP contribution in [-0.4, -0.2) is 25.5 Å². The van der Waals surface area contributed by atoms with Gasteiger partial charge in [0.25, 0.3) is 5.91 Å². The maximum absolute atomic E-state index is 12.9. The Morgan fingerprint density at radius 2 is 1.76 bits per heavy atom. The van der Waals surface area contributed by atoms with E-state index in [9.17, 15) is 4.79 Å². The summed E-state index contributed by atoms with van der Waals surface area (Å²) in [5, 5.41) is 15.5. The molecule has 3 aromatic heterocycles. The molecule has 0 aliphatic heterocycles. The summed E-state index contributed by atoms with van der Waals surface area (Å²) in [5.74, 6) is 0.300. The van der Waals surface area contributed by atoms with Crippen LogP contribution in [0.3, 0.4) is 0 Å². The maximum Gasteiger partial charge on any atom is 0.265 e. The number of benzene rings is 1. The molecule has 1 amide bonds. The summed E-state index contributed by atoms with van der Waals surface area (Å²) in [7, 11) is 0. The van der Waals surface area contributed by atoms with Crippen molar-refractivity contribution < 1.29 is 9.53 Å². The van der Waals surface area contributed by atoms with Crippen molar-refractivity contribution in [2.24, 2.45) is 0 Å². The van der Waals surface area contributed by atoms with Crippen molar-refractivity contribution in [1.29, 1.82) is 0 Å². The van der Waals surface area contributed by atoms with E-state index < -0.39 is 0 Å². The molecule has 0 unspecified atom stereocenters. The zero-order chi connectivity index (χ0) is 24.6. The van der Waals surface area contributed by atoms with Crippen molar-refractivity contribution in [2.45, 2.75) is 41.0 Å². The highest BCUT2D eigenvalue weighted by atomic mass is 35.5. The first-order chi connectivity index (χ1) is 16.1. The van der Waals surface area contributed by atoms with Gasteiger partial charge in [0.05, 0.1) is 49.9 Å². The third-order valence-corrected chi connectivity index (χ3v) is 7.41. The molecule has 3 heterocycles. The highest BCUT2D eigenvalue weighted by molar-refractivity contribution is 7.12. The lowest BCUT2D eigenvalue weighted by Crippen LogP contribution is -2.13. The van der Waals surface area contributed by atoms with Crippen LogP contribution in [0.2, 0.25) is 15.1 Å². The number of carbonyl (C=O) groups is 1. The number of nitrogens with one attached hydrogen (secondary N) is 1. The molecule has 0 fully saturated rings. The summed E-state index contributed by atoms with van der Waals surface area (Å²) in [6.07, 6.45) is 0. The van der Waals surface area contributed by atoms with Gasteiger partial charge in [-0.15, -0.1) is 11.3 Å². The van der Waals surface area contributed by atoms with E-state index >= 15 is 0 Å². The van der Waals surface area contributed by atoms with E-state index in [1.54, 1.807) is 22.9 Å². The van der Waals surface area contributed by atoms with Crippen LogP contribution in [0.15, 0.2) is 29.6 Å². The molecule has 0 aliphatic carbocycles. The second-order valence-electron chi connectivity index (χ2n) is 7.81. The van der Waals surface area contributed by atoms with Crippen LogP contribution in [-0.2, 0) is 13.3 Å². The van der Waals surface area contributed by atoms with Crippen LogP contribution in [0.5, 0.6) is 5.75 Å². The average Bonchev–Trinajstić information content (AvgIpc) is 3.43. The van der Waals surface area contributed by atoms with Crippen LogP contribution in [0.4, 0.5) is 5.69 Å². The van der Waals surface area contributed by atoms with Gasteiger partial charge in [0.2, 0.25) is 0 Å². The number of rotatable bonds is 7. The largest absolute Gasteiger partial charge is 0.470 e. The van der Waals surface area contributed by atoms with Gasteiger partial charge in [-0.2, -0.15) is 10.2 Å². The first-order valence-corrected chi connectivity index (χ1v) is 12.4. The van der Waals surface area contributed by atoms with Gasteiger partial charge in [-0.1, -0.05) is 34.8 Å². The third kappa shape index (κ3) is 5.10. The molecule has 0 bridgehead atoms. The molecule has 0 spiro atoms. The highest BCUT2D eigenvalue weighted by Crippen LogP contribution is 2.29. The number of hydrogen-bond donors (Lipinski definition) is 1. The van der Waals surface area contributed by atoms with E-state index in [2.05, 4.69) is 15.5 Å². The summed E-state index contributed by atoms with van der Waals surface area (Å²) in [4.78, 5) is 13.5. The SMILES string of the molecule is Cc1nn(Cc2csc(C(=O)Nc3c(C)nn(COc4ccc(Cl)cc4Cl)c3C)c2)c(C)c1Cl. The van der Waals surface area contributed by atoms with E-state index in [-0.39, 0.29) is 12.6 Å². The summed E-state index contributed by atoms with van der Waals surface area (Å²) in [5.41, 5.74) is 4.77. The molecule has 4 aromatic rings. The Morgan fingerprint density at radius 1 is 1.03 bits per heavy atom. The van der Waals surface area contributed by atoms with Gasteiger partial charge in [0.1, 0.15) is 5.75 Å². The Balaban J connectivity index is 1.44. The van der Waals surface area contributed by atoms with Crippen molar-refractivity contribution in [1.82, 2.24) is 19.6 Å². The number of hydrogen-bond acceptors (Lipinski definition) is 5. The number of ether oxygens (including phenoxy) is 1. The molecule has 0 aliphatic rings. The predicted molar refractivity (Wildman–Crippen MR) is 137 cm³/mol. The fourth-order valence-electron chi connectivity index (χ4n) is 3.48. The van der Waals surface area contributed by atoms with E-state index in [4.69, 9.17) is 39.5 Å². The third-order valence-electron chi connectivity index (χ3n) is 5.36. The van der Waals surface area contributed by atoms with E-state index in [1.165, 1.54) is 11.3 Å². The van der Waals surface area contributed by atoms with Crippen molar-refractivity contribution in [3.05, 3.63) is 77.9 Å². The Morgan fingerprint density at radius 3 is 2.44 bits per heavy atom. The van der Waals surface area contributed by atoms with Gasteiger partial charge in [0, 0.05) is 5.02 Å². The van der Waals surface area contributed by atoms with Crippen molar-refractivity contribution >= 4 is 57.7 Å². The average molecular weight is 539 g/mol. The second-order valence-corrected chi connectivity index (χ2v) is 9.94. The monoisotopic (exact) mass is 537 g/mol. The highest BCUT2D eigenvalue weighted by Gasteiger charge is 2.18. The molecule has 0 atom stereocenters. The fraction of sp³-hybridized carbons (Fsp3) is 0.261. The van der Waals surface area contributed by atoms with Crippen molar-refractivity contribution in [2.75, 3.05) is 5.32 Å². The quantitative estimate of drug-likeness (QED) is 0.285. The Kier molecular flexibility index (Phi) is 7.23. The number of nitrogens with zero attached hydrogens (tertiary/aromatic N) is 4. The van der Waals surface area contributed by atoms with Gasteiger partial charge in [-0.3, -0.25) is 9.48 Å². The van der Waals surface area contributed by atoms with Crippen LogP contribution in [0.1, 0.15) is 38.0 Å². The maximum atomic E-state index is 12.9. The molecule has 0 saturated carbocycles. The van der Waals surface area contributed by atoms with Crippen LogP contribution >= 0.6 is 46.1 Å². The lowest BCUT2D eigenvalue weighted by atomic mass is 10.2.